The van der Waals surface area contributed by atoms with E-state index in [2.05, 4.69) is 5.10 Å². The number of rotatable bonds is 5. The molecule has 5 nitrogen and oxygen atoms in total. The van der Waals surface area contributed by atoms with Crippen molar-refractivity contribution in [2.75, 3.05) is 0 Å². The van der Waals surface area contributed by atoms with E-state index in [9.17, 15) is 9.90 Å². The van der Waals surface area contributed by atoms with Crippen LogP contribution in [0.15, 0.2) is 60.8 Å². The lowest BCUT2D eigenvalue weighted by Crippen LogP contribution is -2.05. The highest BCUT2D eigenvalue weighted by Gasteiger charge is 2.23. The molecule has 0 aliphatic heterocycles. The second-order valence-electron chi connectivity index (χ2n) is 6.55. The summed E-state index contributed by atoms with van der Waals surface area (Å²) in [5.41, 5.74) is 1.53. The minimum absolute atomic E-state index is 0.244. The van der Waals surface area contributed by atoms with Crippen molar-refractivity contribution in [3.05, 3.63) is 66.4 Å². The van der Waals surface area contributed by atoms with Gasteiger partial charge in [0.25, 0.3) is 0 Å². The Hall–Kier alpha value is -3.08. The fourth-order valence-corrected chi connectivity index (χ4v) is 3.42. The number of ether oxygens (including phenoxy) is 1. The van der Waals surface area contributed by atoms with E-state index < -0.39 is 5.97 Å². The lowest BCUT2D eigenvalue weighted by molar-refractivity contribution is 0.0697. The summed E-state index contributed by atoms with van der Waals surface area (Å²) in [5, 5.41) is 14.1. The third kappa shape index (κ3) is 3.33. The molecule has 1 N–H and O–H groups in total. The highest BCUT2D eigenvalue weighted by Crippen LogP contribution is 2.32. The van der Waals surface area contributed by atoms with E-state index >= 15 is 0 Å². The average molecular weight is 348 g/mol. The molecule has 1 saturated carbocycles. The average Bonchev–Trinajstić information content (AvgIpc) is 3.33. The Labute approximate surface area is 151 Å². The van der Waals surface area contributed by atoms with Crippen molar-refractivity contribution in [1.82, 2.24) is 9.78 Å². The monoisotopic (exact) mass is 348 g/mol. The first kappa shape index (κ1) is 16.4. The molecule has 1 aromatic heterocycles. The maximum atomic E-state index is 11.7. The van der Waals surface area contributed by atoms with Gasteiger partial charge in [0, 0.05) is 11.8 Å². The molecule has 5 heteroatoms. The molecule has 26 heavy (non-hydrogen) atoms. The van der Waals surface area contributed by atoms with Crippen LogP contribution in [0.3, 0.4) is 0 Å². The second kappa shape index (κ2) is 7.04. The Bertz CT molecular complexity index is 895. The smallest absolute Gasteiger partial charge is 0.339 e. The van der Waals surface area contributed by atoms with E-state index in [1.54, 1.807) is 6.20 Å². The predicted octanol–water partition coefficient (Wildman–Crippen LogP) is 5.16. The topological polar surface area (TPSA) is 64.3 Å². The lowest BCUT2D eigenvalue weighted by atomic mass is 10.1. The van der Waals surface area contributed by atoms with Crippen LogP contribution in [0.25, 0.3) is 11.3 Å². The molecule has 132 valence electrons. The number of benzene rings is 2. The third-order valence-corrected chi connectivity index (χ3v) is 4.77. The summed E-state index contributed by atoms with van der Waals surface area (Å²) < 4.78 is 7.62. The van der Waals surface area contributed by atoms with Crippen LogP contribution in [0, 0.1) is 0 Å². The Morgan fingerprint density at radius 1 is 1.00 bits per heavy atom. The number of hydrogen-bond donors (Lipinski definition) is 1. The molecule has 0 unspecified atom stereocenters. The fraction of sp³-hybridized carbons (Fsp3) is 0.238. The highest BCUT2D eigenvalue weighted by molar-refractivity contribution is 5.94. The molecule has 0 atom stereocenters. The SMILES string of the molecule is O=C(O)c1cn(C2CCCC2)nc1-c1ccc(Oc2ccccc2)cc1. The standard InChI is InChI=1S/C21H20N2O3/c24-21(25)19-14-23(16-6-4-5-7-16)22-20(19)15-10-12-18(13-11-15)26-17-8-2-1-3-9-17/h1-3,8-14,16H,4-7H2,(H,24,25). The van der Waals surface area contributed by atoms with Crippen LogP contribution >= 0.6 is 0 Å². The normalized spacial score (nSPS) is 14.5. The van der Waals surface area contributed by atoms with Crippen molar-refractivity contribution in [3.8, 4) is 22.8 Å². The summed E-state index contributed by atoms with van der Waals surface area (Å²) in [4.78, 5) is 11.7. The lowest BCUT2D eigenvalue weighted by Gasteiger charge is -2.09. The first-order valence-corrected chi connectivity index (χ1v) is 8.86. The summed E-state index contributed by atoms with van der Waals surface area (Å²) >= 11 is 0. The van der Waals surface area contributed by atoms with Gasteiger partial charge in [0.05, 0.1) is 6.04 Å². The minimum atomic E-state index is -0.950. The van der Waals surface area contributed by atoms with Crippen molar-refractivity contribution in [2.45, 2.75) is 31.7 Å². The molecule has 0 bridgehead atoms. The van der Waals surface area contributed by atoms with E-state index in [1.807, 2.05) is 59.3 Å². The van der Waals surface area contributed by atoms with Gasteiger partial charge in [-0.05, 0) is 49.2 Å². The number of nitrogens with zero attached hydrogens (tertiary/aromatic N) is 2. The fourth-order valence-electron chi connectivity index (χ4n) is 3.42. The van der Waals surface area contributed by atoms with E-state index in [4.69, 9.17) is 4.74 Å². The van der Waals surface area contributed by atoms with Crippen LogP contribution in [-0.2, 0) is 0 Å². The summed E-state index contributed by atoms with van der Waals surface area (Å²) in [6.45, 7) is 0. The Balaban J connectivity index is 1.61. The zero-order chi connectivity index (χ0) is 17.9. The molecule has 0 radical (unpaired) electrons. The van der Waals surface area contributed by atoms with Crippen molar-refractivity contribution in [2.24, 2.45) is 0 Å². The molecule has 1 aliphatic carbocycles. The zero-order valence-corrected chi connectivity index (χ0v) is 14.3. The van der Waals surface area contributed by atoms with E-state index in [1.165, 1.54) is 12.8 Å². The van der Waals surface area contributed by atoms with E-state index in [0.717, 1.165) is 24.2 Å². The maximum absolute atomic E-state index is 11.7. The molecule has 1 fully saturated rings. The van der Waals surface area contributed by atoms with Crippen molar-refractivity contribution < 1.29 is 14.6 Å². The van der Waals surface area contributed by atoms with Crippen molar-refractivity contribution in [3.63, 3.8) is 0 Å². The molecule has 1 heterocycles. The van der Waals surface area contributed by atoms with Crippen LogP contribution in [0.4, 0.5) is 0 Å². The molecule has 4 rings (SSSR count). The molecular formula is C21H20N2O3. The van der Waals surface area contributed by atoms with Gasteiger partial charge in [0.1, 0.15) is 22.8 Å². The summed E-state index contributed by atoms with van der Waals surface area (Å²) in [6, 6.07) is 17.2. The largest absolute Gasteiger partial charge is 0.478 e. The number of carbonyl (C=O) groups is 1. The summed E-state index contributed by atoms with van der Waals surface area (Å²) in [5.74, 6) is 0.512. The maximum Gasteiger partial charge on any atom is 0.339 e. The van der Waals surface area contributed by atoms with Gasteiger partial charge in [0.15, 0.2) is 0 Å². The van der Waals surface area contributed by atoms with Crippen LogP contribution in [0.5, 0.6) is 11.5 Å². The van der Waals surface area contributed by atoms with Crippen molar-refractivity contribution in [1.29, 1.82) is 0 Å². The van der Waals surface area contributed by atoms with Gasteiger partial charge in [-0.3, -0.25) is 4.68 Å². The molecule has 2 aromatic carbocycles. The molecular weight excluding hydrogens is 328 g/mol. The highest BCUT2D eigenvalue weighted by atomic mass is 16.5. The van der Waals surface area contributed by atoms with Gasteiger partial charge in [-0.1, -0.05) is 31.0 Å². The van der Waals surface area contributed by atoms with Gasteiger partial charge < -0.3 is 9.84 Å². The number of para-hydroxylation sites is 1. The summed E-state index contributed by atoms with van der Waals surface area (Å²) in [6.07, 6.45) is 6.14. The summed E-state index contributed by atoms with van der Waals surface area (Å²) in [7, 11) is 0. The quantitative estimate of drug-likeness (QED) is 0.692. The van der Waals surface area contributed by atoms with Gasteiger partial charge in [-0.2, -0.15) is 5.10 Å². The number of aromatic nitrogens is 2. The Kier molecular flexibility index (Phi) is 4.44. The molecule has 0 amide bonds. The molecule has 1 aliphatic rings. The second-order valence-corrected chi connectivity index (χ2v) is 6.55. The zero-order valence-electron chi connectivity index (χ0n) is 14.3. The van der Waals surface area contributed by atoms with Gasteiger partial charge in [-0.25, -0.2) is 4.79 Å². The van der Waals surface area contributed by atoms with Gasteiger partial charge >= 0.3 is 5.97 Å². The number of carboxylic acid groups (broad SMARTS) is 1. The van der Waals surface area contributed by atoms with Crippen LogP contribution in [0.1, 0.15) is 42.1 Å². The molecule has 0 spiro atoms. The van der Waals surface area contributed by atoms with Gasteiger partial charge in [0.2, 0.25) is 0 Å². The van der Waals surface area contributed by atoms with E-state index in [-0.39, 0.29) is 5.56 Å². The number of hydrogen-bond acceptors (Lipinski definition) is 3. The third-order valence-electron chi connectivity index (χ3n) is 4.77. The van der Waals surface area contributed by atoms with Crippen LogP contribution in [0.2, 0.25) is 0 Å². The van der Waals surface area contributed by atoms with Crippen LogP contribution in [-0.4, -0.2) is 20.9 Å². The first-order chi connectivity index (χ1) is 12.7. The molecule has 3 aromatic rings. The number of carboxylic acids is 1. The Morgan fingerprint density at radius 3 is 2.31 bits per heavy atom. The first-order valence-electron chi connectivity index (χ1n) is 8.86. The van der Waals surface area contributed by atoms with Crippen molar-refractivity contribution >= 4 is 5.97 Å². The number of aromatic carboxylic acids is 1. The Morgan fingerprint density at radius 2 is 1.65 bits per heavy atom. The molecule has 0 saturated heterocycles. The van der Waals surface area contributed by atoms with Gasteiger partial charge in [-0.15, -0.1) is 0 Å². The van der Waals surface area contributed by atoms with Crippen LogP contribution < -0.4 is 4.74 Å². The van der Waals surface area contributed by atoms with E-state index in [0.29, 0.717) is 17.5 Å². The predicted molar refractivity (Wildman–Crippen MR) is 98.6 cm³/mol. The minimum Gasteiger partial charge on any atom is -0.478 e.